The molecule has 0 radical (unpaired) electrons. The smallest absolute Gasteiger partial charge is 0.0443 e. The molecule has 1 aliphatic heterocycles. The normalized spacial score (nSPS) is 13.7. The van der Waals surface area contributed by atoms with Crippen molar-refractivity contribution in [2.24, 2.45) is 0 Å². The van der Waals surface area contributed by atoms with Crippen molar-refractivity contribution in [2.45, 2.75) is 26.7 Å². The summed E-state index contributed by atoms with van der Waals surface area (Å²) >= 11 is 0. The van der Waals surface area contributed by atoms with Gasteiger partial charge in [0.2, 0.25) is 0 Å². The lowest BCUT2D eigenvalue weighted by Gasteiger charge is -2.29. The van der Waals surface area contributed by atoms with Gasteiger partial charge in [0.1, 0.15) is 0 Å². The average molecular weight is 294 g/mol. The van der Waals surface area contributed by atoms with Gasteiger partial charge in [0.15, 0.2) is 0 Å². The minimum atomic E-state index is 1.05. The molecule has 0 aliphatic carbocycles. The SMILES string of the molecule is CCN(CC)CCN1c2ccccc2CCc2ccccc21. The molecule has 1 aliphatic rings. The molecule has 0 fully saturated rings. The van der Waals surface area contributed by atoms with E-state index in [2.05, 4.69) is 72.2 Å². The Bertz CT molecular complexity index is 569. The van der Waals surface area contributed by atoms with E-state index in [1.54, 1.807) is 0 Å². The quantitative estimate of drug-likeness (QED) is 0.813. The van der Waals surface area contributed by atoms with Crippen LogP contribution in [0.1, 0.15) is 25.0 Å². The number of aryl methyl sites for hydroxylation is 2. The third-order valence-electron chi connectivity index (χ3n) is 4.76. The van der Waals surface area contributed by atoms with E-state index in [1.807, 2.05) is 0 Å². The maximum atomic E-state index is 2.52. The van der Waals surface area contributed by atoms with Crippen LogP contribution >= 0.6 is 0 Å². The summed E-state index contributed by atoms with van der Waals surface area (Å²) in [6, 6.07) is 17.8. The third-order valence-corrected chi connectivity index (χ3v) is 4.76. The summed E-state index contributed by atoms with van der Waals surface area (Å²) < 4.78 is 0. The molecular weight excluding hydrogens is 268 g/mol. The van der Waals surface area contributed by atoms with Gasteiger partial charge in [-0.15, -0.1) is 0 Å². The van der Waals surface area contributed by atoms with Gasteiger partial charge in [-0.05, 0) is 49.2 Å². The number of likely N-dealkylation sites (N-methyl/N-ethyl adjacent to an activating group) is 1. The molecule has 2 nitrogen and oxygen atoms in total. The van der Waals surface area contributed by atoms with Crippen molar-refractivity contribution in [1.29, 1.82) is 0 Å². The zero-order valence-electron chi connectivity index (χ0n) is 13.8. The Morgan fingerprint density at radius 2 is 1.32 bits per heavy atom. The fourth-order valence-electron chi connectivity index (χ4n) is 3.39. The zero-order chi connectivity index (χ0) is 15.4. The highest BCUT2D eigenvalue weighted by atomic mass is 15.2. The lowest BCUT2D eigenvalue weighted by atomic mass is 10.0. The number of nitrogens with zero attached hydrogens (tertiary/aromatic N) is 2. The monoisotopic (exact) mass is 294 g/mol. The van der Waals surface area contributed by atoms with Gasteiger partial charge >= 0.3 is 0 Å². The first kappa shape index (κ1) is 15.1. The summed E-state index contributed by atoms with van der Waals surface area (Å²) in [6.45, 7) is 8.88. The maximum absolute atomic E-state index is 2.52. The Hall–Kier alpha value is -1.80. The zero-order valence-corrected chi connectivity index (χ0v) is 13.8. The Labute approximate surface area is 134 Å². The molecule has 3 rings (SSSR count). The van der Waals surface area contributed by atoms with E-state index in [0.717, 1.165) is 39.0 Å². The van der Waals surface area contributed by atoms with E-state index in [-0.39, 0.29) is 0 Å². The van der Waals surface area contributed by atoms with E-state index < -0.39 is 0 Å². The molecule has 2 heteroatoms. The fourth-order valence-corrected chi connectivity index (χ4v) is 3.39. The highest BCUT2D eigenvalue weighted by Crippen LogP contribution is 2.35. The van der Waals surface area contributed by atoms with Crippen molar-refractivity contribution >= 4 is 11.4 Å². The van der Waals surface area contributed by atoms with Crippen LogP contribution < -0.4 is 4.90 Å². The number of para-hydroxylation sites is 2. The molecule has 0 atom stereocenters. The lowest BCUT2D eigenvalue weighted by Crippen LogP contribution is -2.33. The van der Waals surface area contributed by atoms with E-state index in [4.69, 9.17) is 0 Å². The first-order valence-electron chi connectivity index (χ1n) is 8.49. The molecule has 2 aromatic carbocycles. The van der Waals surface area contributed by atoms with Crippen LogP contribution in [0.3, 0.4) is 0 Å². The molecule has 0 N–H and O–H groups in total. The van der Waals surface area contributed by atoms with Crippen molar-refractivity contribution in [2.75, 3.05) is 31.1 Å². The maximum Gasteiger partial charge on any atom is 0.0443 e. The molecule has 116 valence electrons. The number of hydrogen-bond donors (Lipinski definition) is 0. The molecule has 0 amide bonds. The van der Waals surface area contributed by atoms with Crippen LogP contribution in [0, 0.1) is 0 Å². The van der Waals surface area contributed by atoms with E-state index >= 15 is 0 Å². The second kappa shape index (κ2) is 6.97. The summed E-state index contributed by atoms with van der Waals surface area (Å²) in [5.41, 5.74) is 5.72. The summed E-state index contributed by atoms with van der Waals surface area (Å²) in [7, 11) is 0. The molecule has 0 saturated heterocycles. The minimum Gasteiger partial charge on any atom is -0.340 e. The molecule has 0 saturated carbocycles. The highest BCUT2D eigenvalue weighted by molar-refractivity contribution is 5.71. The summed E-state index contributed by atoms with van der Waals surface area (Å²) in [5.74, 6) is 0. The molecule has 0 bridgehead atoms. The lowest BCUT2D eigenvalue weighted by molar-refractivity contribution is 0.312. The van der Waals surface area contributed by atoms with Crippen LogP contribution in [-0.4, -0.2) is 31.1 Å². The Morgan fingerprint density at radius 1 is 0.818 bits per heavy atom. The molecule has 1 heterocycles. The van der Waals surface area contributed by atoms with Crippen molar-refractivity contribution in [3.8, 4) is 0 Å². The van der Waals surface area contributed by atoms with E-state index in [0.29, 0.717) is 0 Å². The molecular formula is C20H26N2. The van der Waals surface area contributed by atoms with Gasteiger partial charge in [0.25, 0.3) is 0 Å². The topological polar surface area (TPSA) is 6.48 Å². The van der Waals surface area contributed by atoms with Gasteiger partial charge in [0.05, 0.1) is 0 Å². The Balaban J connectivity index is 1.95. The molecule has 0 unspecified atom stereocenters. The summed E-state index contributed by atoms with van der Waals surface area (Å²) in [4.78, 5) is 5.02. The van der Waals surface area contributed by atoms with Crippen molar-refractivity contribution in [3.63, 3.8) is 0 Å². The van der Waals surface area contributed by atoms with Crippen molar-refractivity contribution < 1.29 is 0 Å². The Kier molecular flexibility index (Phi) is 4.79. The predicted molar refractivity (Wildman–Crippen MR) is 95.1 cm³/mol. The van der Waals surface area contributed by atoms with Gasteiger partial charge < -0.3 is 9.80 Å². The second-order valence-corrected chi connectivity index (χ2v) is 5.94. The number of fused-ring (bicyclic) bond motifs is 2. The highest BCUT2D eigenvalue weighted by Gasteiger charge is 2.20. The molecule has 0 spiro atoms. The fraction of sp³-hybridized carbons (Fsp3) is 0.400. The number of benzene rings is 2. The molecule has 22 heavy (non-hydrogen) atoms. The average Bonchev–Trinajstić information content (AvgIpc) is 2.73. The second-order valence-electron chi connectivity index (χ2n) is 5.94. The molecule has 2 aromatic rings. The van der Waals surface area contributed by atoms with Crippen LogP contribution in [0.4, 0.5) is 11.4 Å². The van der Waals surface area contributed by atoms with Crippen LogP contribution in [-0.2, 0) is 12.8 Å². The van der Waals surface area contributed by atoms with Crippen LogP contribution in [0.2, 0.25) is 0 Å². The van der Waals surface area contributed by atoms with Crippen LogP contribution in [0.15, 0.2) is 48.5 Å². The van der Waals surface area contributed by atoms with Gasteiger partial charge in [0, 0.05) is 24.5 Å². The van der Waals surface area contributed by atoms with Crippen molar-refractivity contribution in [3.05, 3.63) is 59.7 Å². The van der Waals surface area contributed by atoms with Crippen LogP contribution in [0.25, 0.3) is 0 Å². The third kappa shape index (κ3) is 3.02. The largest absolute Gasteiger partial charge is 0.340 e. The van der Waals surface area contributed by atoms with Gasteiger partial charge in [-0.25, -0.2) is 0 Å². The van der Waals surface area contributed by atoms with Crippen LogP contribution in [0.5, 0.6) is 0 Å². The van der Waals surface area contributed by atoms with E-state index in [1.165, 1.54) is 22.5 Å². The number of anilines is 2. The first-order chi connectivity index (χ1) is 10.8. The first-order valence-corrected chi connectivity index (χ1v) is 8.49. The van der Waals surface area contributed by atoms with Gasteiger partial charge in [-0.2, -0.15) is 0 Å². The van der Waals surface area contributed by atoms with Gasteiger partial charge in [-0.1, -0.05) is 50.2 Å². The minimum absolute atomic E-state index is 1.05. The number of rotatable bonds is 5. The predicted octanol–water partition coefficient (Wildman–Crippen LogP) is 4.27. The Morgan fingerprint density at radius 3 is 1.82 bits per heavy atom. The standard InChI is InChI=1S/C20H26N2/c1-3-21(4-2)15-16-22-19-11-7-5-9-17(19)13-14-18-10-6-8-12-20(18)22/h5-12H,3-4,13-16H2,1-2H3. The van der Waals surface area contributed by atoms with Gasteiger partial charge in [-0.3, -0.25) is 0 Å². The molecule has 0 aromatic heterocycles. The summed E-state index contributed by atoms with van der Waals surface area (Å²) in [5, 5.41) is 0. The number of hydrogen-bond acceptors (Lipinski definition) is 2. The van der Waals surface area contributed by atoms with E-state index in [9.17, 15) is 0 Å². The van der Waals surface area contributed by atoms with Crippen molar-refractivity contribution in [1.82, 2.24) is 4.90 Å². The summed E-state index contributed by atoms with van der Waals surface area (Å²) in [6.07, 6.45) is 2.27.